The van der Waals surface area contributed by atoms with Crippen LogP contribution in [0.2, 0.25) is 0 Å². The number of hydrogen-bond acceptors (Lipinski definition) is 12. The van der Waals surface area contributed by atoms with E-state index in [0.29, 0.717) is 88.9 Å². The van der Waals surface area contributed by atoms with Crippen molar-refractivity contribution in [2.75, 3.05) is 50.0 Å². The lowest BCUT2D eigenvalue weighted by atomic mass is 10.1. The average Bonchev–Trinajstić information content (AvgIpc) is 4.07. The molecule has 0 spiro atoms. The maximum atomic E-state index is 13.9. The number of rotatable bonds is 18. The lowest BCUT2D eigenvalue weighted by molar-refractivity contribution is -0.122. The zero-order valence-electron chi connectivity index (χ0n) is 37.4. The molecule has 0 saturated carbocycles. The minimum absolute atomic E-state index is 0.0490. The van der Waals surface area contributed by atoms with Crippen molar-refractivity contribution in [2.24, 2.45) is 11.5 Å². The predicted molar refractivity (Wildman–Crippen MR) is 245 cm³/mol. The summed E-state index contributed by atoms with van der Waals surface area (Å²) in [5, 5.41) is 17.7. The fraction of sp³-hybridized carbons (Fsp3) is 0.400. The van der Waals surface area contributed by atoms with E-state index in [4.69, 9.17) is 30.9 Å². The Hall–Kier alpha value is -7.55. The van der Waals surface area contributed by atoms with Crippen molar-refractivity contribution in [3.63, 3.8) is 0 Å². The number of nitrogens with one attached hydrogen (secondary N) is 3. The SMILES string of the molecule is CCn1nc(C)cc1C(=O)Nc1nc2cc(C(N)=O)cc(OCCCNC(=O)CN3CCCCC3)c2n1C/C=C/[C@H]1COc2cc(C(N)=O)cc3nc(NC(=O)c4cc(C)nn4CC)n1c23. The van der Waals surface area contributed by atoms with Gasteiger partial charge in [-0.2, -0.15) is 10.2 Å². The molecule has 4 aromatic heterocycles. The Balaban J connectivity index is 1.12. The summed E-state index contributed by atoms with van der Waals surface area (Å²) < 4.78 is 19.3. The number of amides is 5. The summed E-state index contributed by atoms with van der Waals surface area (Å²) in [4.78, 5) is 76.9. The summed E-state index contributed by atoms with van der Waals surface area (Å²) in [7, 11) is 0. The van der Waals surface area contributed by atoms with E-state index in [1.54, 1.807) is 52.0 Å². The van der Waals surface area contributed by atoms with Crippen molar-refractivity contribution < 1.29 is 33.4 Å². The van der Waals surface area contributed by atoms with E-state index in [-0.39, 0.29) is 48.7 Å². The van der Waals surface area contributed by atoms with E-state index in [1.165, 1.54) is 18.6 Å². The second-order valence-corrected chi connectivity index (χ2v) is 16.3. The Bertz CT molecular complexity index is 2880. The molecule has 21 heteroatoms. The van der Waals surface area contributed by atoms with Crippen LogP contribution >= 0.6 is 0 Å². The van der Waals surface area contributed by atoms with E-state index in [0.717, 1.165) is 25.9 Å². The summed E-state index contributed by atoms with van der Waals surface area (Å²) in [6.45, 7) is 11.2. The number of allylic oxidation sites excluding steroid dienone is 1. The molecule has 5 amide bonds. The van der Waals surface area contributed by atoms with Crippen molar-refractivity contribution >= 4 is 63.5 Å². The molecule has 346 valence electrons. The van der Waals surface area contributed by atoms with E-state index >= 15 is 0 Å². The zero-order valence-corrected chi connectivity index (χ0v) is 37.4. The minimum Gasteiger partial charge on any atom is -0.491 e. The van der Waals surface area contributed by atoms with Crippen molar-refractivity contribution in [3.8, 4) is 11.5 Å². The summed E-state index contributed by atoms with van der Waals surface area (Å²) in [6.07, 6.45) is 7.56. The molecule has 66 heavy (non-hydrogen) atoms. The summed E-state index contributed by atoms with van der Waals surface area (Å²) in [5.74, 6) is -1.26. The third-order valence-corrected chi connectivity index (χ3v) is 11.5. The maximum absolute atomic E-state index is 13.9. The first kappa shape index (κ1) is 45.0. The number of piperidine rings is 1. The standard InChI is InChI=1S/C45H54N14O7/c1-5-57-33(18-26(3)53-57)42(63)51-44-49-31-20-28(40(46)61)22-35(65-17-11-13-48-37(60)24-55-14-8-7-9-15-55)38(31)56(44)16-10-12-30-25-66-36-23-29(41(47)62)21-32-39(36)59(30)45(50-32)52-43(64)34-19-27(4)54-58(34)6-2/h10,12,18-23,30H,5-9,11,13-17,24-25H2,1-4H3,(H2,46,61)(H2,47,62)(H,48,60)(H,49,51,63)(H,50,52,64)/b12-10+/t30-/m0/s1. The second-order valence-electron chi connectivity index (χ2n) is 16.3. The van der Waals surface area contributed by atoms with Gasteiger partial charge in [-0.3, -0.25) is 53.4 Å². The first-order chi connectivity index (χ1) is 31.8. The van der Waals surface area contributed by atoms with Gasteiger partial charge in [0.05, 0.1) is 41.6 Å². The smallest absolute Gasteiger partial charge is 0.276 e. The Kier molecular flexibility index (Phi) is 13.2. The quantitative estimate of drug-likeness (QED) is 0.0611. The van der Waals surface area contributed by atoms with Gasteiger partial charge in [-0.15, -0.1) is 0 Å². The van der Waals surface area contributed by atoms with Gasteiger partial charge in [-0.05, 0) is 96.4 Å². The monoisotopic (exact) mass is 902 g/mol. The number of aryl methyl sites for hydroxylation is 4. The molecule has 2 aliphatic rings. The first-order valence-corrected chi connectivity index (χ1v) is 22.1. The fourth-order valence-corrected chi connectivity index (χ4v) is 8.46. The van der Waals surface area contributed by atoms with Crippen LogP contribution in [0.25, 0.3) is 22.1 Å². The molecule has 2 aliphatic heterocycles. The largest absolute Gasteiger partial charge is 0.491 e. The van der Waals surface area contributed by atoms with Crippen molar-refractivity contribution in [1.29, 1.82) is 0 Å². The third kappa shape index (κ3) is 9.46. The van der Waals surface area contributed by atoms with Crippen LogP contribution in [-0.2, 0) is 24.4 Å². The van der Waals surface area contributed by atoms with Gasteiger partial charge in [0.1, 0.15) is 40.5 Å². The molecule has 0 aliphatic carbocycles. The lowest BCUT2D eigenvalue weighted by Gasteiger charge is -2.25. The molecule has 0 radical (unpaired) electrons. The second kappa shape index (κ2) is 19.3. The number of anilines is 2. The van der Waals surface area contributed by atoms with Crippen LogP contribution < -0.4 is 36.9 Å². The number of ether oxygens (including phenoxy) is 2. The number of imidazole rings is 2. The molecule has 0 unspecified atom stereocenters. The maximum Gasteiger partial charge on any atom is 0.276 e. The third-order valence-electron chi connectivity index (χ3n) is 11.5. The Morgan fingerprint density at radius 3 is 2.05 bits per heavy atom. The Morgan fingerprint density at radius 1 is 0.803 bits per heavy atom. The topological polar surface area (TPSA) is 266 Å². The Morgan fingerprint density at radius 2 is 1.41 bits per heavy atom. The van der Waals surface area contributed by atoms with Gasteiger partial charge in [-0.1, -0.05) is 18.6 Å². The van der Waals surface area contributed by atoms with Crippen LogP contribution in [-0.4, -0.2) is 112 Å². The van der Waals surface area contributed by atoms with E-state index in [2.05, 4.69) is 31.0 Å². The molecule has 1 fully saturated rings. The number of carbonyl (C=O) groups is 5. The molecule has 0 bridgehead atoms. The van der Waals surface area contributed by atoms with Gasteiger partial charge >= 0.3 is 0 Å². The molecule has 2 aromatic carbocycles. The number of benzene rings is 2. The number of hydrogen-bond donors (Lipinski definition) is 5. The zero-order chi connectivity index (χ0) is 46.6. The van der Waals surface area contributed by atoms with Gasteiger partial charge in [0.25, 0.3) is 11.8 Å². The van der Waals surface area contributed by atoms with Crippen LogP contribution in [0.5, 0.6) is 11.5 Å². The number of fused-ring (bicyclic) bond motifs is 1. The molecule has 1 atom stereocenters. The molecule has 8 rings (SSSR count). The number of likely N-dealkylation sites (tertiary alicyclic amines) is 1. The first-order valence-electron chi connectivity index (χ1n) is 22.1. The van der Waals surface area contributed by atoms with Crippen molar-refractivity contribution in [3.05, 3.63) is 82.5 Å². The highest BCUT2D eigenvalue weighted by Gasteiger charge is 2.29. The average molecular weight is 903 g/mol. The molecular formula is C45H54N14O7. The summed E-state index contributed by atoms with van der Waals surface area (Å²) in [5.41, 5.74) is 15.5. The van der Waals surface area contributed by atoms with E-state index in [9.17, 15) is 24.0 Å². The summed E-state index contributed by atoms with van der Waals surface area (Å²) >= 11 is 0. The number of aromatic nitrogens is 8. The van der Waals surface area contributed by atoms with Crippen LogP contribution in [0.15, 0.2) is 48.6 Å². The summed E-state index contributed by atoms with van der Waals surface area (Å²) in [6, 6.07) is 9.02. The minimum atomic E-state index is -0.696. The predicted octanol–water partition coefficient (Wildman–Crippen LogP) is 3.70. The highest BCUT2D eigenvalue weighted by molar-refractivity contribution is 6.05. The van der Waals surface area contributed by atoms with E-state index < -0.39 is 29.7 Å². The molecule has 21 nitrogen and oxygen atoms in total. The lowest BCUT2D eigenvalue weighted by Crippen LogP contribution is -2.40. The van der Waals surface area contributed by atoms with Gasteiger partial charge in [0, 0.05) is 37.3 Å². The van der Waals surface area contributed by atoms with Crippen LogP contribution in [0.3, 0.4) is 0 Å². The van der Waals surface area contributed by atoms with Gasteiger partial charge < -0.3 is 30.8 Å². The van der Waals surface area contributed by atoms with Gasteiger partial charge in [-0.25, -0.2) is 9.97 Å². The highest BCUT2D eigenvalue weighted by Crippen LogP contribution is 2.38. The molecular weight excluding hydrogens is 849 g/mol. The highest BCUT2D eigenvalue weighted by atomic mass is 16.5. The van der Waals surface area contributed by atoms with E-state index in [1.807, 2.05) is 30.6 Å². The molecule has 6 aromatic rings. The number of carbonyl (C=O) groups excluding carboxylic acids is 5. The number of nitrogens with zero attached hydrogens (tertiary/aromatic N) is 9. The number of primary amides is 2. The number of nitrogens with two attached hydrogens (primary N) is 2. The van der Waals surface area contributed by atoms with Crippen LogP contribution in [0.4, 0.5) is 11.9 Å². The van der Waals surface area contributed by atoms with Gasteiger partial charge in [0.2, 0.25) is 29.6 Å². The van der Waals surface area contributed by atoms with Gasteiger partial charge in [0.15, 0.2) is 0 Å². The van der Waals surface area contributed by atoms with Crippen LogP contribution in [0, 0.1) is 13.8 Å². The fourth-order valence-electron chi connectivity index (χ4n) is 8.46. The molecule has 7 N–H and O–H groups in total. The molecule has 6 heterocycles. The van der Waals surface area contributed by atoms with Crippen molar-refractivity contribution in [1.82, 2.24) is 48.9 Å². The molecule has 1 saturated heterocycles. The normalized spacial score (nSPS) is 15.0. The Labute approximate surface area is 379 Å². The van der Waals surface area contributed by atoms with Crippen LogP contribution in [0.1, 0.15) is 98.7 Å². The van der Waals surface area contributed by atoms with Crippen molar-refractivity contribution in [2.45, 2.75) is 79.1 Å².